The molecule has 3 rings (SSSR count). The van der Waals surface area contributed by atoms with E-state index in [9.17, 15) is 0 Å². The Hall–Kier alpha value is -1.67. The minimum absolute atomic E-state index is 0.245. The summed E-state index contributed by atoms with van der Waals surface area (Å²) >= 11 is 1.88. The molecule has 3 heterocycles. The highest BCUT2D eigenvalue weighted by Gasteiger charge is 2.32. The van der Waals surface area contributed by atoms with Crippen LogP contribution in [0.4, 0.5) is 0 Å². The van der Waals surface area contributed by atoms with E-state index in [4.69, 9.17) is 9.26 Å². The van der Waals surface area contributed by atoms with Crippen molar-refractivity contribution in [3.63, 3.8) is 0 Å². The maximum atomic E-state index is 5.39. The van der Waals surface area contributed by atoms with E-state index in [1.54, 1.807) is 13.2 Å². The summed E-state index contributed by atoms with van der Waals surface area (Å²) < 4.78 is 10.5. The average Bonchev–Trinajstić information content (AvgIpc) is 3.15. The topological polar surface area (TPSA) is 86.0 Å². The number of rotatable bonds is 4. The quantitative estimate of drug-likeness (QED) is 0.892. The third kappa shape index (κ3) is 2.48. The van der Waals surface area contributed by atoms with Gasteiger partial charge in [-0.05, 0) is 7.05 Å². The summed E-state index contributed by atoms with van der Waals surface area (Å²) in [6.45, 7) is 0. The molecule has 1 aliphatic rings. The standard InChI is InChI=1S/C12H15N5O2S/c1-13-9-5-20-4-7(9)12-16-11(17-19-12)8-3-10(18-2)15-6-14-8/h3,6-7,9,13H,4-5H2,1-2H3. The van der Waals surface area contributed by atoms with Gasteiger partial charge in [0.05, 0.1) is 13.0 Å². The van der Waals surface area contributed by atoms with Gasteiger partial charge in [0.25, 0.3) is 0 Å². The Balaban J connectivity index is 1.86. The normalized spacial score (nSPS) is 22.1. The number of ether oxygens (including phenoxy) is 1. The Morgan fingerprint density at radius 3 is 3.10 bits per heavy atom. The van der Waals surface area contributed by atoms with Gasteiger partial charge in [0.2, 0.25) is 17.6 Å². The summed E-state index contributed by atoms with van der Waals surface area (Å²) in [4.78, 5) is 12.6. The van der Waals surface area contributed by atoms with Gasteiger partial charge in [-0.1, -0.05) is 5.16 Å². The zero-order valence-corrected chi connectivity index (χ0v) is 12.1. The van der Waals surface area contributed by atoms with Crippen molar-refractivity contribution in [2.24, 2.45) is 0 Å². The van der Waals surface area contributed by atoms with Crippen LogP contribution in [0.3, 0.4) is 0 Å². The molecule has 0 radical (unpaired) electrons. The molecule has 1 N–H and O–H groups in total. The summed E-state index contributed by atoms with van der Waals surface area (Å²) in [6, 6.07) is 2.06. The van der Waals surface area contributed by atoms with Crippen molar-refractivity contribution in [3.05, 3.63) is 18.3 Å². The first-order chi connectivity index (χ1) is 9.81. The molecule has 0 amide bonds. The van der Waals surface area contributed by atoms with E-state index in [2.05, 4.69) is 25.4 Å². The molecule has 1 fully saturated rings. The van der Waals surface area contributed by atoms with Gasteiger partial charge in [-0.3, -0.25) is 0 Å². The molecule has 0 saturated carbocycles. The highest BCUT2D eigenvalue weighted by atomic mass is 32.2. The molecular weight excluding hydrogens is 278 g/mol. The second-order valence-electron chi connectivity index (χ2n) is 4.44. The lowest BCUT2D eigenvalue weighted by Gasteiger charge is -2.13. The fraction of sp³-hybridized carbons (Fsp3) is 0.500. The molecule has 0 bridgehead atoms. The van der Waals surface area contributed by atoms with E-state index in [1.165, 1.54) is 6.33 Å². The molecule has 106 valence electrons. The Labute approximate surface area is 120 Å². The van der Waals surface area contributed by atoms with E-state index < -0.39 is 0 Å². The van der Waals surface area contributed by atoms with Crippen LogP contribution in [0.5, 0.6) is 5.88 Å². The van der Waals surface area contributed by atoms with Crippen molar-refractivity contribution in [2.75, 3.05) is 25.7 Å². The molecule has 2 aromatic heterocycles. The Kier molecular flexibility index (Phi) is 3.83. The molecule has 20 heavy (non-hydrogen) atoms. The first kappa shape index (κ1) is 13.3. The average molecular weight is 293 g/mol. The Bertz CT molecular complexity index is 591. The van der Waals surface area contributed by atoms with Crippen LogP contribution in [0.25, 0.3) is 11.5 Å². The molecule has 1 saturated heterocycles. The van der Waals surface area contributed by atoms with Crippen molar-refractivity contribution in [1.29, 1.82) is 0 Å². The number of thioether (sulfide) groups is 1. The van der Waals surface area contributed by atoms with Crippen molar-refractivity contribution in [3.8, 4) is 17.4 Å². The number of nitrogens with one attached hydrogen (secondary N) is 1. The lowest BCUT2D eigenvalue weighted by atomic mass is 10.0. The van der Waals surface area contributed by atoms with Gasteiger partial charge in [0.1, 0.15) is 12.0 Å². The summed E-state index contributed by atoms with van der Waals surface area (Å²) in [7, 11) is 3.51. The van der Waals surface area contributed by atoms with Crippen LogP contribution < -0.4 is 10.1 Å². The molecule has 1 aliphatic heterocycles. The van der Waals surface area contributed by atoms with Gasteiger partial charge in [0, 0.05) is 23.6 Å². The van der Waals surface area contributed by atoms with Crippen LogP contribution in [0, 0.1) is 0 Å². The smallest absolute Gasteiger partial charge is 0.232 e. The van der Waals surface area contributed by atoms with E-state index in [-0.39, 0.29) is 5.92 Å². The Morgan fingerprint density at radius 1 is 1.40 bits per heavy atom. The first-order valence-electron chi connectivity index (χ1n) is 6.27. The second kappa shape index (κ2) is 5.76. The van der Waals surface area contributed by atoms with Crippen molar-refractivity contribution in [1.82, 2.24) is 25.4 Å². The Morgan fingerprint density at radius 2 is 2.30 bits per heavy atom. The monoisotopic (exact) mass is 293 g/mol. The van der Waals surface area contributed by atoms with Gasteiger partial charge in [0.15, 0.2) is 0 Å². The van der Waals surface area contributed by atoms with Gasteiger partial charge >= 0.3 is 0 Å². The SMILES string of the molecule is CNC1CSCC1c1nc(-c2cc(OC)ncn2)no1. The van der Waals surface area contributed by atoms with Gasteiger partial charge in [-0.15, -0.1) is 0 Å². The zero-order valence-electron chi connectivity index (χ0n) is 11.2. The molecule has 2 unspecified atom stereocenters. The predicted octanol–water partition coefficient (Wildman–Crippen LogP) is 0.954. The zero-order chi connectivity index (χ0) is 13.9. The molecule has 0 aromatic carbocycles. The fourth-order valence-corrected chi connectivity index (χ4v) is 3.56. The largest absolute Gasteiger partial charge is 0.481 e. The summed E-state index contributed by atoms with van der Waals surface area (Å²) in [5.41, 5.74) is 0.596. The summed E-state index contributed by atoms with van der Waals surface area (Å²) in [5.74, 6) is 3.88. The molecule has 7 nitrogen and oxygen atoms in total. The first-order valence-corrected chi connectivity index (χ1v) is 7.42. The van der Waals surface area contributed by atoms with Crippen LogP contribution in [-0.4, -0.2) is 51.8 Å². The molecule has 8 heteroatoms. The third-order valence-electron chi connectivity index (χ3n) is 3.29. The minimum atomic E-state index is 0.245. The highest BCUT2D eigenvalue weighted by molar-refractivity contribution is 7.99. The van der Waals surface area contributed by atoms with E-state index in [1.807, 2.05) is 18.8 Å². The molecular formula is C12H15N5O2S. The maximum absolute atomic E-state index is 5.39. The predicted molar refractivity (Wildman–Crippen MR) is 74.8 cm³/mol. The lowest BCUT2D eigenvalue weighted by Crippen LogP contribution is -2.31. The third-order valence-corrected chi connectivity index (χ3v) is 4.48. The lowest BCUT2D eigenvalue weighted by molar-refractivity contribution is 0.344. The summed E-state index contributed by atoms with van der Waals surface area (Å²) in [6.07, 6.45) is 1.42. The molecule has 2 atom stereocenters. The number of aromatic nitrogens is 4. The summed E-state index contributed by atoms with van der Waals surface area (Å²) in [5, 5.41) is 7.29. The highest BCUT2D eigenvalue weighted by Crippen LogP contribution is 2.32. The van der Waals surface area contributed by atoms with Crippen LogP contribution in [0.15, 0.2) is 16.9 Å². The van der Waals surface area contributed by atoms with Crippen LogP contribution >= 0.6 is 11.8 Å². The van der Waals surface area contributed by atoms with Crippen LogP contribution in [0.2, 0.25) is 0 Å². The molecule has 2 aromatic rings. The second-order valence-corrected chi connectivity index (χ2v) is 5.52. The number of methoxy groups -OCH3 is 1. The number of hydrogen-bond donors (Lipinski definition) is 1. The number of nitrogens with zero attached hydrogens (tertiary/aromatic N) is 4. The van der Waals surface area contributed by atoms with Gasteiger partial charge in [-0.25, -0.2) is 9.97 Å². The number of hydrogen-bond acceptors (Lipinski definition) is 8. The van der Waals surface area contributed by atoms with E-state index in [0.29, 0.717) is 29.3 Å². The van der Waals surface area contributed by atoms with E-state index >= 15 is 0 Å². The number of likely N-dealkylation sites (N-methyl/N-ethyl adjacent to an activating group) is 1. The van der Waals surface area contributed by atoms with Gasteiger partial charge < -0.3 is 14.6 Å². The van der Waals surface area contributed by atoms with Crippen molar-refractivity contribution in [2.45, 2.75) is 12.0 Å². The van der Waals surface area contributed by atoms with Crippen LogP contribution in [0.1, 0.15) is 11.8 Å². The molecule has 0 aliphatic carbocycles. The van der Waals surface area contributed by atoms with E-state index in [0.717, 1.165) is 11.5 Å². The van der Waals surface area contributed by atoms with Crippen molar-refractivity contribution >= 4 is 11.8 Å². The van der Waals surface area contributed by atoms with Crippen LogP contribution in [-0.2, 0) is 0 Å². The molecule has 0 spiro atoms. The maximum Gasteiger partial charge on any atom is 0.232 e. The fourth-order valence-electron chi connectivity index (χ4n) is 2.15. The van der Waals surface area contributed by atoms with Crippen molar-refractivity contribution < 1.29 is 9.26 Å². The minimum Gasteiger partial charge on any atom is -0.481 e. The van der Waals surface area contributed by atoms with Gasteiger partial charge in [-0.2, -0.15) is 16.7 Å².